The van der Waals surface area contributed by atoms with Gasteiger partial charge < -0.3 is 25.2 Å². The van der Waals surface area contributed by atoms with Crippen LogP contribution in [0.4, 0.5) is 5.69 Å². The number of amides is 2. The van der Waals surface area contributed by atoms with Gasteiger partial charge in [0.25, 0.3) is 5.91 Å². The quantitative estimate of drug-likeness (QED) is 0.747. The Morgan fingerprint density at radius 2 is 1.87 bits per heavy atom. The Morgan fingerprint density at radius 3 is 2.53 bits per heavy atom. The molecule has 160 valence electrons. The molecule has 2 aliphatic carbocycles. The maximum Gasteiger partial charge on any atom is 0.290 e. The van der Waals surface area contributed by atoms with E-state index < -0.39 is 0 Å². The van der Waals surface area contributed by atoms with Gasteiger partial charge in [-0.1, -0.05) is 0 Å². The number of aromatic nitrogens is 2. The van der Waals surface area contributed by atoms with E-state index in [0.29, 0.717) is 36.0 Å². The zero-order valence-electron chi connectivity index (χ0n) is 17.4. The van der Waals surface area contributed by atoms with Gasteiger partial charge in [-0.2, -0.15) is 0 Å². The Bertz CT molecular complexity index is 1000. The first kappa shape index (κ1) is 19.4. The molecule has 8 nitrogen and oxygen atoms in total. The average molecular weight is 412 g/mol. The smallest absolute Gasteiger partial charge is 0.290 e. The number of hydrogen-bond donors (Lipinski definition) is 2. The fourth-order valence-electron chi connectivity index (χ4n) is 4.94. The number of nitrogens with zero attached hydrogens (tertiary/aromatic N) is 4. The first-order chi connectivity index (χ1) is 14.4. The minimum absolute atomic E-state index is 0.0229. The first-order valence-corrected chi connectivity index (χ1v) is 10.9. The third kappa shape index (κ3) is 3.33. The highest BCUT2D eigenvalue weighted by Gasteiger charge is 2.35. The summed E-state index contributed by atoms with van der Waals surface area (Å²) in [4.78, 5) is 34.0. The van der Waals surface area contributed by atoms with Crippen LogP contribution in [0.3, 0.4) is 0 Å². The summed E-state index contributed by atoms with van der Waals surface area (Å²) in [6.45, 7) is 1.10. The predicted octanol–water partition coefficient (Wildman–Crippen LogP) is 1.62. The maximum atomic E-state index is 13.2. The Labute approximate surface area is 175 Å². The number of aryl methyl sites for hydroxylation is 1. The minimum atomic E-state index is -0.246. The summed E-state index contributed by atoms with van der Waals surface area (Å²) in [6.07, 6.45) is 5.25. The van der Waals surface area contributed by atoms with Crippen LogP contribution in [0, 0.1) is 0 Å². The molecule has 2 amide bonds. The first-order valence-electron chi connectivity index (χ1n) is 10.9. The van der Waals surface area contributed by atoms with E-state index in [0.717, 1.165) is 31.2 Å². The van der Waals surface area contributed by atoms with Gasteiger partial charge in [-0.15, -0.1) is 0 Å². The Balaban J connectivity index is 1.34. The second-order valence-corrected chi connectivity index (χ2v) is 9.02. The number of hydrogen-bond acceptors (Lipinski definition) is 5. The molecule has 2 heterocycles. The van der Waals surface area contributed by atoms with Crippen LogP contribution in [0.2, 0.25) is 0 Å². The number of carbonyl (C=O) groups excluding carboxylic acids is 2. The van der Waals surface area contributed by atoms with Crippen molar-refractivity contribution in [2.24, 2.45) is 7.05 Å². The Morgan fingerprint density at radius 1 is 1.13 bits per heavy atom. The van der Waals surface area contributed by atoms with Gasteiger partial charge in [-0.25, -0.2) is 4.98 Å². The van der Waals surface area contributed by atoms with Gasteiger partial charge in [0.2, 0.25) is 5.91 Å². The van der Waals surface area contributed by atoms with Crippen molar-refractivity contribution < 1.29 is 14.7 Å². The van der Waals surface area contributed by atoms with E-state index in [1.807, 2.05) is 18.0 Å². The molecule has 0 atom stereocenters. The largest absolute Gasteiger partial charge is 0.397 e. The van der Waals surface area contributed by atoms with Crippen LogP contribution in [0.1, 0.15) is 60.6 Å². The van der Waals surface area contributed by atoms with Gasteiger partial charge >= 0.3 is 0 Å². The van der Waals surface area contributed by atoms with Crippen molar-refractivity contribution >= 4 is 28.5 Å². The molecular weight excluding hydrogens is 382 g/mol. The number of anilines is 1. The summed E-state index contributed by atoms with van der Waals surface area (Å²) in [7, 11) is 1.84. The molecule has 0 bridgehead atoms. The van der Waals surface area contributed by atoms with E-state index >= 15 is 0 Å². The number of aliphatic hydroxyl groups is 1. The minimum Gasteiger partial charge on any atom is -0.397 e. The fourth-order valence-corrected chi connectivity index (χ4v) is 4.94. The number of nitrogens with two attached hydrogens (primary N) is 1. The number of aliphatic hydroxyl groups excluding tert-OH is 1. The van der Waals surface area contributed by atoms with E-state index in [9.17, 15) is 14.7 Å². The van der Waals surface area contributed by atoms with Crippen molar-refractivity contribution in [1.29, 1.82) is 0 Å². The number of benzene rings is 1. The molecule has 8 heteroatoms. The van der Waals surface area contributed by atoms with Crippen molar-refractivity contribution in [2.45, 2.75) is 56.6 Å². The summed E-state index contributed by atoms with van der Waals surface area (Å²) in [5.74, 6) is 0.641. The second-order valence-electron chi connectivity index (χ2n) is 9.02. The molecule has 1 aliphatic heterocycles. The lowest BCUT2D eigenvalue weighted by molar-refractivity contribution is -0.138. The van der Waals surface area contributed by atoms with Gasteiger partial charge in [0, 0.05) is 26.2 Å². The highest BCUT2D eigenvalue weighted by molar-refractivity contribution is 5.99. The molecule has 3 N–H and O–H groups in total. The topological polar surface area (TPSA) is 105 Å². The van der Waals surface area contributed by atoms with Crippen molar-refractivity contribution in [3.63, 3.8) is 0 Å². The summed E-state index contributed by atoms with van der Waals surface area (Å²) < 4.78 is 1.80. The summed E-state index contributed by atoms with van der Waals surface area (Å²) in [5.41, 5.74) is 9.57. The third-order valence-corrected chi connectivity index (χ3v) is 6.93. The highest BCUT2D eigenvalue weighted by atomic mass is 16.3. The summed E-state index contributed by atoms with van der Waals surface area (Å²) in [5, 5.41) is 9.71. The van der Waals surface area contributed by atoms with E-state index in [4.69, 9.17) is 5.73 Å². The van der Waals surface area contributed by atoms with Crippen molar-refractivity contribution in [2.75, 3.05) is 25.4 Å². The molecule has 1 aromatic heterocycles. The zero-order valence-corrected chi connectivity index (χ0v) is 17.4. The fraction of sp³-hybridized carbons (Fsp3) is 0.591. The molecule has 2 aromatic rings. The van der Waals surface area contributed by atoms with Crippen LogP contribution in [0.5, 0.6) is 0 Å². The van der Waals surface area contributed by atoms with Gasteiger partial charge in [-0.05, 0) is 62.1 Å². The number of carbonyl (C=O) groups is 2. The average Bonchev–Trinajstić information content (AvgIpc) is 3.53. The number of rotatable bonds is 3. The zero-order chi connectivity index (χ0) is 21.0. The predicted molar refractivity (Wildman–Crippen MR) is 113 cm³/mol. The van der Waals surface area contributed by atoms with Crippen LogP contribution in [0.25, 0.3) is 11.0 Å². The SMILES string of the molecule is Cn1c(C(=O)N2CCN(C3CCC(O)CC3)C(=O)C2)nc2c(N)cc(C3CC3)cc21. The van der Waals surface area contributed by atoms with E-state index in [2.05, 4.69) is 11.1 Å². The van der Waals surface area contributed by atoms with Crippen LogP contribution < -0.4 is 5.73 Å². The Hall–Kier alpha value is -2.61. The normalized spacial score (nSPS) is 25.2. The van der Waals surface area contributed by atoms with Crippen LogP contribution in [-0.4, -0.2) is 68.1 Å². The van der Waals surface area contributed by atoms with Crippen molar-refractivity contribution in [1.82, 2.24) is 19.4 Å². The molecule has 0 spiro atoms. The molecule has 5 rings (SSSR count). The molecule has 0 unspecified atom stereocenters. The van der Waals surface area contributed by atoms with Crippen molar-refractivity contribution in [3.05, 3.63) is 23.5 Å². The lowest BCUT2D eigenvalue weighted by Crippen LogP contribution is -2.56. The second kappa shape index (κ2) is 7.27. The van der Waals surface area contributed by atoms with Gasteiger partial charge in [0.1, 0.15) is 12.1 Å². The summed E-state index contributed by atoms with van der Waals surface area (Å²) >= 11 is 0. The number of piperazine rings is 1. The van der Waals surface area contributed by atoms with Gasteiger partial charge in [-0.3, -0.25) is 9.59 Å². The van der Waals surface area contributed by atoms with E-state index in [1.165, 1.54) is 18.4 Å². The molecule has 3 aliphatic rings. The number of imidazole rings is 1. The van der Waals surface area contributed by atoms with Gasteiger partial charge in [0.05, 0.1) is 17.3 Å². The van der Waals surface area contributed by atoms with Crippen LogP contribution >= 0.6 is 0 Å². The van der Waals surface area contributed by atoms with Crippen LogP contribution in [-0.2, 0) is 11.8 Å². The molecule has 3 fully saturated rings. The molecule has 30 heavy (non-hydrogen) atoms. The molecule has 1 saturated heterocycles. The van der Waals surface area contributed by atoms with E-state index in [-0.39, 0.29) is 30.5 Å². The van der Waals surface area contributed by atoms with E-state index in [1.54, 1.807) is 9.47 Å². The molecule has 1 aromatic carbocycles. The molecule has 0 radical (unpaired) electrons. The Kier molecular flexibility index (Phi) is 4.69. The van der Waals surface area contributed by atoms with Gasteiger partial charge in [0.15, 0.2) is 5.82 Å². The number of fused-ring (bicyclic) bond motifs is 1. The monoisotopic (exact) mass is 411 g/mol. The third-order valence-electron chi connectivity index (χ3n) is 6.93. The summed E-state index contributed by atoms with van der Waals surface area (Å²) in [6, 6.07) is 4.24. The standard InChI is InChI=1S/C22H29N5O3/c1-25-18-11-14(13-2-3-13)10-17(23)20(18)24-21(25)22(30)26-8-9-27(19(29)12-26)15-4-6-16(28)7-5-15/h10-11,13,15-16,28H,2-9,12,23H2,1H3. The highest BCUT2D eigenvalue weighted by Crippen LogP contribution is 2.42. The van der Waals surface area contributed by atoms with Crippen LogP contribution in [0.15, 0.2) is 12.1 Å². The maximum absolute atomic E-state index is 13.2. The molecular formula is C22H29N5O3. The number of nitrogen functional groups attached to an aromatic ring is 1. The van der Waals surface area contributed by atoms with Crippen molar-refractivity contribution in [3.8, 4) is 0 Å². The lowest BCUT2D eigenvalue weighted by atomic mass is 9.91. The lowest BCUT2D eigenvalue weighted by Gasteiger charge is -2.41. The molecule has 2 saturated carbocycles.